The van der Waals surface area contributed by atoms with E-state index in [0.717, 1.165) is 22.7 Å². The molecule has 1 fully saturated rings. The van der Waals surface area contributed by atoms with Gasteiger partial charge in [-0.2, -0.15) is 0 Å². The van der Waals surface area contributed by atoms with Gasteiger partial charge in [0.25, 0.3) is 0 Å². The number of benzene rings is 1. The molecule has 1 aliphatic carbocycles. The summed E-state index contributed by atoms with van der Waals surface area (Å²) >= 11 is 3.42. The van der Waals surface area contributed by atoms with Gasteiger partial charge in [-0.15, -0.1) is 0 Å². The van der Waals surface area contributed by atoms with Gasteiger partial charge in [-0.3, -0.25) is 4.79 Å². The fourth-order valence-electron chi connectivity index (χ4n) is 2.14. The molecule has 1 aliphatic rings. The lowest BCUT2D eigenvalue weighted by molar-refractivity contribution is -0.122. The van der Waals surface area contributed by atoms with Gasteiger partial charge in [-0.25, -0.2) is 13.1 Å². The second kappa shape index (κ2) is 6.24. The predicted molar refractivity (Wildman–Crippen MR) is 80.8 cm³/mol. The molecule has 5 nitrogen and oxygen atoms in total. The number of amides is 1. The summed E-state index contributed by atoms with van der Waals surface area (Å²) in [5.41, 5.74) is 1.16. The molecule has 0 aromatic heterocycles. The third-order valence-electron chi connectivity index (χ3n) is 3.19. The lowest BCUT2D eigenvalue weighted by Crippen LogP contribution is -2.35. The molecule has 7 heteroatoms. The Hall–Kier alpha value is -0.920. The molecule has 0 spiro atoms. The first-order valence-electron chi connectivity index (χ1n) is 6.34. The van der Waals surface area contributed by atoms with E-state index in [2.05, 4.69) is 26.0 Å². The molecule has 0 bridgehead atoms. The van der Waals surface area contributed by atoms with Crippen molar-refractivity contribution in [3.8, 4) is 0 Å². The smallest absolute Gasteiger partial charge is 0.223 e. The van der Waals surface area contributed by atoms with Gasteiger partial charge in [0.05, 0.1) is 6.26 Å². The Morgan fingerprint density at radius 1 is 1.40 bits per heavy atom. The van der Waals surface area contributed by atoms with Crippen molar-refractivity contribution < 1.29 is 13.2 Å². The molecule has 1 aromatic rings. The molecule has 1 aromatic carbocycles. The van der Waals surface area contributed by atoms with Crippen LogP contribution in [-0.2, 0) is 14.8 Å². The average Bonchev–Trinajstić information content (AvgIpc) is 3.13. The van der Waals surface area contributed by atoms with Crippen LogP contribution in [0.5, 0.6) is 0 Å². The molecular weight excluding hydrogens is 344 g/mol. The highest BCUT2D eigenvalue weighted by Crippen LogP contribution is 2.47. The Balaban J connectivity index is 1.76. The van der Waals surface area contributed by atoms with Crippen molar-refractivity contribution in [1.29, 1.82) is 0 Å². The molecule has 0 radical (unpaired) electrons. The summed E-state index contributed by atoms with van der Waals surface area (Å²) in [7, 11) is -3.19. The summed E-state index contributed by atoms with van der Waals surface area (Å²) < 4.78 is 25.1. The fraction of sp³-hybridized carbons (Fsp3) is 0.462. The highest BCUT2D eigenvalue weighted by Gasteiger charge is 2.43. The van der Waals surface area contributed by atoms with Crippen molar-refractivity contribution in [2.45, 2.75) is 12.3 Å². The highest BCUT2D eigenvalue weighted by atomic mass is 79.9. The van der Waals surface area contributed by atoms with E-state index >= 15 is 0 Å². The number of hydrogen-bond donors (Lipinski definition) is 2. The van der Waals surface area contributed by atoms with Gasteiger partial charge in [0.2, 0.25) is 15.9 Å². The number of rotatable bonds is 6. The van der Waals surface area contributed by atoms with E-state index in [1.165, 1.54) is 0 Å². The second-order valence-electron chi connectivity index (χ2n) is 4.96. The van der Waals surface area contributed by atoms with E-state index in [9.17, 15) is 13.2 Å². The third-order valence-corrected chi connectivity index (χ3v) is 4.41. The number of nitrogens with one attached hydrogen (secondary N) is 2. The van der Waals surface area contributed by atoms with Crippen molar-refractivity contribution in [3.63, 3.8) is 0 Å². The molecular formula is C13H17BrN2O3S. The Morgan fingerprint density at radius 3 is 2.80 bits per heavy atom. The molecule has 0 unspecified atom stereocenters. The highest BCUT2D eigenvalue weighted by molar-refractivity contribution is 9.10. The van der Waals surface area contributed by atoms with Crippen LogP contribution in [-0.4, -0.2) is 33.7 Å². The summed E-state index contributed by atoms with van der Waals surface area (Å²) in [6.07, 6.45) is 1.95. The maximum Gasteiger partial charge on any atom is 0.223 e. The number of sulfonamides is 1. The van der Waals surface area contributed by atoms with Crippen LogP contribution in [0, 0.1) is 5.92 Å². The SMILES string of the molecule is CS(=O)(=O)NCCNC(=O)[C@H]1C[C@@H]1c1cccc(Br)c1. The third kappa shape index (κ3) is 4.57. The van der Waals surface area contributed by atoms with Crippen LogP contribution in [0.4, 0.5) is 0 Å². The second-order valence-corrected chi connectivity index (χ2v) is 7.71. The Bertz CT molecular complexity index is 603. The summed E-state index contributed by atoms with van der Waals surface area (Å²) in [4.78, 5) is 11.9. The standard InChI is InChI=1S/C13H17BrN2O3S/c1-20(18,19)16-6-5-15-13(17)12-8-11(12)9-3-2-4-10(14)7-9/h2-4,7,11-12,16H,5-6,8H2,1H3,(H,15,17)/t11-,12+/m1/s1. The topological polar surface area (TPSA) is 75.3 Å². The zero-order valence-electron chi connectivity index (χ0n) is 11.1. The van der Waals surface area contributed by atoms with Gasteiger partial charge in [-0.1, -0.05) is 28.1 Å². The Kier molecular flexibility index (Phi) is 4.82. The van der Waals surface area contributed by atoms with E-state index in [1.807, 2.05) is 24.3 Å². The van der Waals surface area contributed by atoms with Gasteiger partial charge in [-0.05, 0) is 30.0 Å². The first kappa shape index (κ1) is 15.5. The molecule has 20 heavy (non-hydrogen) atoms. The van der Waals surface area contributed by atoms with E-state index < -0.39 is 10.0 Å². The van der Waals surface area contributed by atoms with E-state index in [-0.39, 0.29) is 24.3 Å². The number of hydrogen-bond acceptors (Lipinski definition) is 3. The van der Waals surface area contributed by atoms with Gasteiger partial charge < -0.3 is 5.32 Å². The van der Waals surface area contributed by atoms with Crippen molar-refractivity contribution >= 4 is 31.9 Å². The lowest BCUT2D eigenvalue weighted by Gasteiger charge is -2.05. The van der Waals surface area contributed by atoms with Gasteiger partial charge >= 0.3 is 0 Å². The zero-order valence-corrected chi connectivity index (χ0v) is 13.5. The summed E-state index contributed by atoms with van der Waals surface area (Å²) in [6.45, 7) is 0.534. The van der Waals surface area contributed by atoms with Crippen molar-refractivity contribution in [3.05, 3.63) is 34.3 Å². The van der Waals surface area contributed by atoms with E-state index in [4.69, 9.17) is 0 Å². The van der Waals surface area contributed by atoms with Gasteiger partial charge in [0, 0.05) is 23.5 Å². The number of carbonyl (C=O) groups is 1. The molecule has 2 atom stereocenters. The van der Waals surface area contributed by atoms with Gasteiger partial charge in [0.1, 0.15) is 0 Å². The summed E-state index contributed by atoms with van der Waals surface area (Å²) in [5, 5.41) is 2.75. The molecule has 1 amide bonds. The first-order valence-corrected chi connectivity index (χ1v) is 9.03. The molecule has 1 saturated carbocycles. The lowest BCUT2D eigenvalue weighted by atomic mass is 10.1. The molecule has 0 aliphatic heterocycles. The van der Waals surface area contributed by atoms with Crippen LogP contribution in [0.15, 0.2) is 28.7 Å². The maximum atomic E-state index is 11.9. The normalized spacial score (nSPS) is 21.5. The molecule has 0 heterocycles. The largest absolute Gasteiger partial charge is 0.355 e. The van der Waals surface area contributed by atoms with Crippen LogP contribution in [0.3, 0.4) is 0 Å². The van der Waals surface area contributed by atoms with Crippen LogP contribution in [0.1, 0.15) is 17.9 Å². The molecule has 0 saturated heterocycles. The first-order chi connectivity index (χ1) is 9.37. The van der Waals surface area contributed by atoms with Crippen molar-refractivity contribution in [2.75, 3.05) is 19.3 Å². The van der Waals surface area contributed by atoms with E-state index in [0.29, 0.717) is 6.54 Å². The minimum absolute atomic E-state index is 0.00235. The minimum Gasteiger partial charge on any atom is -0.355 e. The van der Waals surface area contributed by atoms with Crippen molar-refractivity contribution in [1.82, 2.24) is 10.0 Å². The van der Waals surface area contributed by atoms with Crippen LogP contribution < -0.4 is 10.0 Å². The van der Waals surface area contributed by atoms with Crippen LogP contribution >= 0.6 is 15.9 Å². The predicted octanol–water partition coefficient (Wildman–Crippen LogP) is 1.22. The number of carbonyl (C=O) groups excluding carboxylic acids is 1. The van der Waals surface area contributed by atoms with Crippen molar-refractivity contribution in [2.24, 2.45) is 5.92 Å². The monoisotopic (exact) mass is 360 g/mol. The summed E-state index contributed by atoms with van der Waals surface area (Å²) in [6, 6.07) is 7.97. The number of halogens is 1. The Morgan fingerprint density at radius 2 is 2.15 bits per heavy atom. The van der Waals surface area contributed by atoms with Crippen LogP contribution in [0.25, 0.3) is 0 Å². The van der Waals surface area contributed by atoms with E-state index in [1.54, 1.807) is 0 Å². The quantitative estimate of drug-likeness (QED) is 0.748. The van der Waals surface area contributed by atoms with Gasteiger partial charge in [0.15, 0.2) is 0 Å². The summed E-state index contributed by atoms with van der Waals surface area (Å²) in [5.74, 6) is 0.267. The average molecular weight is 361 g/mol. The minimum atomic E-state index is -3.19. The molecule has 2 rings (SSSR count). The molecule has 110 valence electrons. The van der Waals surface area contributed by atoms with Crippen LogP contribution in [0.2, 0.25) is 0 Å². The molecule has 2 N–H and O–H groups in total. The zero-order chi connectivity index (χ0) is 14.8. The Labute approximate surface area is 127 Å². The maximum absolute atomic E-state index is 11.9. The fourth-order valence-corrected chi connectivity index (χ4v) is 3.03.